The van der Waals surface area contributed by atoms with Crippen molar-refractivity contribution in [2.45, 2.75) is 0 Å². The molecule has 0 bridgehead atoms. The van der Waals surface area contributed by atoms with Crippen molar-refractivity contribution < 1.29 is 0 Å². The van der Waals surface area contributed by atoms with Crippen LogP contribution in [0.3, 0.4) is 0 Å². The van der Waals surface area contributed by atoms with Gasteiger partial charge in [0, 0.05) is 97.2 Å². The van der Waals surface area contributed by atoms with E-state index in [-0.39, 0.29) is 0 Å². The molecule has 0 aliphatic carbocycles. The highest BCUT2D eigenvalue weighted by molar-refractivity contribution is 7.26. The second-order valence-electron chi connectivity index (χ2n) is 16.6. The number of nitriles is 1. The van der Waals surface area contributed by atoms with E-state index >= 15 is 0 Å². The summed E-state index contributed by atoms with van der Waals surface area (Å²) in [5.41, 5.74) is 10.5. The van der Waals surface area contributed by atoms with Crippen LogP contribution in [0.1, 0.15) is 5.56 Å². The standard InChI is InChI=1S/C58H32N6S2/c59-33-42-57(63-46-22-5-1-15-34(46)38-29-40-36-17-3-7-24-50(36)65-52(40)31-48(38)63)55(44-20-10-13-27-61-44)54(43-19-9-12-26-60-43)56(45-21-11-14-28-62-45)58(42)64-47-23-6-2-16-35(47)39-30-41-37-18-4-8-25-51(37)66-53(41)32-49(39)64/h1-32H. The number of aromatic nitrogens is 5. The van der Waals surface area contributed by atoms with Gasteiger partial charge in [-0.15, -0.1) is 22.7 Å². The van der Waals surface area contributed by atoms with Crippen LogP contribution in [0.2, 0.25) is 0 Å². The maximum atomic E-state index is 12.3. The van der Waals surface area contributed by atoms with Crippen molar-refractivity contribution in [2.24, 2.45) is 0 Å². The smallest absolute Gasteiger partial charge is 0.104 e. The highest BCUT2D eigenvalue weighted by atomic mass is 32.1. The highest BCUT2D eigenvalue weighted by Gasteiger charge is 2.33. The van der Waals surface area contributed by atoms with E-state index < -0.39 is 0 Å². The second-order valence-corrected chi connectivity index (χ2v) is 18.8. The van der Waals surface area contributed by atoms with Gasteiger partial charge in [0.2, 0.25) is 0 Å². The Morgan fingerprint density at radius 1 is 0.348 bits per heavy atom. The molecule has 0 radical (unpaired) electrons. The number of benzene rings is 7. The van der Waals surface area contributed by atoms with Gasteiger partial charge in [-0.3, -0.25) is 15.0 Å². The zero-order valence-corrected chi connectivity index (χ0v) is 36.6. The van der Waals surface area contributed by atoms with Gasteiger partial charge < -0.3 is 9.13 Å². The molecule has 7 heterocycles. The molecule has 7 aromatic carbocycles. The Morgan fingerprint density at radius 2 is 0.742 bits per heavy atom. The van der Waals surface area contributed by atoms with Gasteiger partial charge in [0.05, 0.1) is 50.5 Å². The average molecular weight is 877 g/mol. The lowest BCUT2D eigenvalue weighted by molar-refractivity contribution is 1.11. The second kappa shape index (κ2) is 14.3. The van der Waals surface area contributed by atoms with Gasteiger partial charge in [-0.1, -0.05) is 91.0 Å². The van der Waals surface area contributed by atoms with E-state index in [4.69, 9.17) is 15.0 Å². The summed E-state index contributed by atoms with van der Waals surface area (Å²) < 4.78 is 9.48. The number of fused-ring (bicyclic) bond motifs is 12. The molecule has 8 heteroatoms. The maximum absolute atomic E-state index is 12.3. The number of thiophene rings is 2. The van der Waals surface area contributed by atoms with Crippen LogP contribution in [0, 0.1) is 11.3 Å². The number of pyridine rings is 3. The number of para-hydroxylation sites is 2. The third-order valence-corrected chi connectivity index (χ3v) is 15.4. The van der Waals surface area contributed by atoms with E-state index in [1.165, 1.54) is 40.3 Å². The normalized spacial score (nSPS) is 11.9. The van der Waals surface area contributed by atoms with Gasteiger partial charge in [-0.2, -0.15) is 5.26 Å². The van der Waals surface area contributed by atoms with Crippen LogP contribution < -0.4 is 0 Å². The largest absolute Gasteiger partial charge is 0.307 e. The van der Waals surface area contributed by atoms with Gasteiger partial charge in [0.15, 0.2) is 0 Å². The molecule has 14 aromatic rings. The minimum atomic E-state index is 0.495. The quantitative estimate of drug-likeness (QED) is 0.173. The van der Waals surface area contributed by atoms with Crippen LogP contribution in [0.4, 0.5) is 0 Å². The summed E-state index contributed by atoms with van der Waals surface area (Å²) in [5, 5.41) is 21.6. The van der Waals surface area contributed by atoms with Crippen LogP contribution in [0.25, 0.3) is 129 Å². The summed E-state index contributed by atoms with van der Waals surface area (Å²) in [4.78, 5) is 15.4. The van der Waals surface area contributed by atoms with E-state index in [2.05, 4.69) is 143 Å². The lowest BCUT2D eigenvalue weighted by Gasteiger charge is -2.26. The van der Waals surface area contributed by atoms with Crippen molar-refractivity contribution in [3.63, 3.8) is 0 Å². The fourth-order valence-corrected chi connectivity index (χ4v) is 12.7. The number of hydrogen-bond acceptors (Lipinski definition) is 6. The lowest BCUT2D eigenvalue weighted by atomic mass is 9.86. The van der Waals surface area contributed by atoms with Gasteiger partial charge in [-0.25, -0.2) is 0 Å². The summed E-state index contributed by atoms with van der Waals surface area (Å²) in [6, 6.07) is 64.7. The van der Waals surface area contributed by atoms with Crippen molar-refractivity contribution >= 4 is 107 Å². The molecule has 0 aliphatic heterocycles. The monoisotopic (exact) mass is 876 g/mol. The fourth-order valence-electron chi connectivity index (χ4n) is 10.4. The molecule has 66 heavy (non-hydrogen) atoms. The molecular formula is C58H32N6S2. The Labute approximate surface area is 385 Å². The Hall–Kier alpha value is -8.48. The first-order chi connectivity index (χ1) is 32.7. The summed E-state index contributed by atoms with van der Waals surface area (Å²) >= 11 is 3.59. The molecule has 306 valence electrons. The van der Waals surface area contributed by atoms with Crippen molar-refractivity contribution in [2.75, 3.05) is 0 Å². The first-order valence-corrected chi connectivity index (χ1v) is 23.4. The van der Waals surface area contributed by atoms with E-state index in [1.54, 1.807) is 22.7 Å². The predicted octanol–water partition coefficient (Wildman–Crippen LogP) is 15.7. The van der Waals surface area contributed by atoms with Gasteiger partial charge in [-0.05, 0) is 84.9 Å². The molecule has 0 aliphatic rings. The summed E-state index contributed by atoms with van der Waals surface area (Å²) in [7, 11) is 0. The molecule has 7 aromatic heterocycles. The van der Waals surface area contributed by atoms with Crippen molar-refractivity contribution in [1.82, 2.24) is 24.1 Å². The van der Waals surface area contributed by atoms with E-state index in [0.717, 1.165) is 88.8 Å². The molecule has 0 saturated heterocycles. The van der Waals surface area contributed by atoms with Crippen molar-refractivity contribution in [3.05, 3.63) is 200 Å². The van der Waals surface area contributed by atoms with Crippen LogP contribution in [-0.2, 0) is 0 Å². The average Bonchev–Trinajstić information content (AvgIpc) is 4.12. The van der Waals surface area contributed by atoms with E-state index in [9.17, 15) is 5.26 Å². The molecule has 14 rings (SSSR count). The highest BCUT2D eigenvalue weighted by Crippen LogP contribution is 2.52. The Kier molecular flexibility index (Phi) is 7.98. The Balaban J connectivity index is 1.26. The molecule has 0 fully saturated rings. The summed E-state index contributed by atoms with van der Waals surface area (Å²) in [6.45, 7) is 0. The molecule has 0 spiro atoms. The third kappa shape index (κ3) is 5.24. The predicted molar refractivity (Wildman–Crippen MR) is 275 cm³/mol. The molecule has 0 N–H and O–H groups in total. The Morgan fingerprint density at radius 3 is 1.17 bits per heavy atom. The number of hydrogen-bond donors (Lipinski definition) is 0. The summed E-state index contributed by atoms with van der Waals surface area (Å²) in [5.74, 6) is 0. The van der Waals surface area contributed by atoms with Gasteiger partial charge >= 0.3 is 0 Å². The number of rotatable bonds is 5. The van der Waals surface area contributed by atoms with E-state index in [0.29, 0.717) is 5.56 Å². The van der Waals surface area contributed by atoms with Crippen LogP contribution in [0.15, 0.2) is 195 Å². The van der Waals surface area contributed by atoms with Crippen molar-refractivity contribution in [3.8, 4) is 51.2 Å². The van der Waals surface area contributed by atoms with E-state index in [1.807, 2.05) is 67.1 Å². The molecule has 0 atom stereocenters. The minimum absolute atomic E-state index is 0.495. The molecule has 0 saturated carbocycles. The van der Waals surface area contributed by atoms with Gasteiger partial charge in [0.25, 0.3) is 0 Å². The van der Waals surface area contributed by atoms with Crippen molar-refractivity contribution in [1.29, 1.82) is 5.26 Å². The minimum Gasteiger partial charge on any atom is -0.307 e. The molecular weight excluding hydrogens is 845 g/mol. The lowest BCUT2D eigenvalue weighted by Crippen LogP contribution is -2.11. The van der Waals surface area contributed by atoms with Crippen LogP contribution in [0.5, 0.6) is 0 Å². The first-order valence-electron chi connectivity index (χ1n) is 21.8. The molecule has 0 unspecified atom stereocenters. The maximum Gasteiger partial charge on any atom is 0.104 e. The Bertz CT molecular complexity index is 4090. The molecule has 6 nitrogen and oxygen atoms in total. The van der Waals surface area contributed by atoms with Crippen LogP contribution in [-0.4, -0.2) is 24.1 Å². The topological polar surface area (TPSA) is 72.3 Å². The van der Waals surface area contributed by atoms with Gasteiger partial charge in [0.1, 0.15) is 11.6 Å². The SMILES string of the molecule is N#Cc1c(-n2c3ccccc3c3cc4c(cc32)sc2ccccc24)c(-c2ccccn2)c(-c2ccccn2)c(-c2ccccn2)c1-n1c2ccccc2c2cc3c(cc21)sc1ccccc13. The zero-order valence-electron chi connectivity index (χ0n) is 35.0. The fraction of sp³-hybridized carbons (Fsp3) is 0. The summed E-state index contributed by atoms with van der Waals surface area (Å²) in [6.07, 6.45) is 5.50. The number of nitrogens with zero attached hydrogens (tertiary/aromatic N) is 6. The zero-order chi connectivity index (χ0) is 43.5. The van der Waals surface area contributed by atoms with Crippen LogP contribution >= 0.6 is 22.7 Å². The first kappa shape index (κ1) is 36.9. The third-order valence-electron chi connectivity index (χ3n) is 13.1. The molecule has 0 amide bonds.